The van der Waals surface area contributed by atoms with E-state index >= 15 is 0 Å². The normalized spacial score (nSPS) is 11.9. The van der Waals surface area contributed by atoms with Crippen LogP contribution in [0, 0.1) is 0 Å². The van der Waals surface area contributed by atoms with Gasteiger partial charge in [0.2, 0.25) is 0 Å². The minimum absolute atomic E-state index is 0.178. The van der Waals surface area contributed by atoms with Crippen LogP contribution in [0.3, 0.4) is 0 Å². The molecule has 2 aromatic rings. The topological polar surface area (TPSA) is 112 Å². The molecule has 0 radical (unpaired) electrons. The Morgan fingerprint density at radius 1 is 1.31 bits per heavy atom. The molecule has 0 fully saturated rings. The lowest BCUT2D eigenvalue weighted by molar-refractivity contribution is 0.0691. The highest BCUT2D eigenvalue weighted by molar-refractivity contribution is 7.60. The summed E-state index contributed by atoms with van der Waals surface area (Å²) >= 11 is 0. The quantitative estimate of drug-likeness (QED) is 0.630. The maximum atomic E-state index is 11.0. The Kier molecular flexibility index (Phi) is 2.31. The van der Waals surface area contributed by atoms with Crippen LogP contribution in [0.15, 0.2) is 24.5 Å². The zero-order valence-electron chi connectivity index (χ0n) is 7.81. The number of carbonyl (C=O) groups is 1. The number of aromatic nitrogens is 2. The number of nitrogens with zero attached hydrogens (tertiary/aromatic N) is 2. The second-order valence-electron chi connectivity index (χ2n) is 3.13. The fourth-order valence-corrected chi connectivity index (χ4v) is 1.80. The van der Waals surface area contributed by atoms with Crippen molar-refractivity contribution in [2.24, 2.45) is 0 Å². The van der Waals surface area contributed by atoms with Gasteiger partial charge in [0.1, 0.15) is 5.65 Å². The zero-order valence-corrected chi connectivity index (χ0v) is 8.70. The zero-order chi connectivity index (χ0) is 11.9. The average Bonchev–Trinajstić information content (AvgIpc) is 2.58. The van der Waals surface area contributed by atoms with Gasteiger partial charge in [0.25, 0.3) is 0 Å². The van der Waals surface area contributed by atoms with E-state index in [4.69, 9.17) is 14.9 Å². The van der Waals surface area contributed by atoms with Crippen molar-refractivity contribution in [1.29, 1.82) is 0 Å². The molecule has 0 saturated carbocycles. The molecule has 16 heavy (non-hydrogen) atoms. The molecular weight excluding hydrogens is 235 g/mol. The molecule has 0 aromatic carbocycles. The second kappa shape index (κ2) is 3.41. The number of aromatic carboxylic acids is 1. The van der Waals surface area contributed by atoms with E-state index in [1.807, 2.05) is 0 Å². The highest BCUT2D eigenvalue weighted by atomic mass is 31.2. The molecule has 0 saturated heterocycles. The number of hydrogen-bond acceptors (Lipinski definition) is 3. The van der Waals surface area contributed by atoms with E-state index < -0.39 is 13.6 Å². The Morgan fingerprint density at radius 3 is 2.56 bits per heavy atom. The standard InChI is InChI=1S/C8H7N2O5P/c11-8(12)6-4-10-3-5(16(13,14)15)1-2-7(10)9-6/h1-4H,(H,11,12)(H2,13,14,15). The Hall–Kier alpha value is -1.69. The first-order chi connectivity index (χ1) is 7.38. The van der Waals surface area contributed by atoms with Crippen LogP contribution in [0.1, 0.15) is 10.5 Å². The van der Waals surface area contributed by atoms with Crippen molar-refractivity contribution in [2.45, 2.75) is 0 Å². The van der Waals surface area contributed by atoms with Crippen LogP contribution in [0.4, 0.5) is 0 Å². The summed E-state index contributed by atoms with van der Waals surface area (Å²) in [5, 5.41) is 8.50. The van der Waals surface area contributed by atoms with Gasteiger partial charge in [0, 0.05) is 12.4 Å². The lowest BCUT2D eigenvalue weighted by atomic mass is 10.5. The molecule has 2 heterocycles. The number of carboxylic acid groups (broad SMARTS) is 1. The summed E-state index contributed by atoms with van der Waals surface area (Å²) in [6.45, 7) is 0. The molecule has 8 heteroatoms. The summed E-state index contributed by atoms with van der Waals surface area (Å²) in [7, 11) is -4.33. The highest BCUT2D eigenvalue weighted by Crippen LogP contribution is 2.32. The van der Waals surface area contributed by atoms with E-state index in [0.29, 0.717) is 5.65 Å². The van der Waals surface area contributed by atoms with Crippen LogP contribution in [-0.4, -0.2) is 30.2 Å². The summed E-state index contributed by atoms with van der Waals surface area (Å²) in [5.41, 5.74) is 0.137. The van der Waals surface area contributed by atoms with Gasteiger partial charge in [-0.3, -0.25) is 4.57 Å². The molecule has 7 nitrogen and oxygen atoms in total. The van der Waals surface area contributed by atoms with Gasteiger partial charge in [-0.25, -0.2) is 9.78 Å². The summed E-state index contributed by atoms with van der Waals surface area (Å²) in [6, 6.07) is 2.57. The van der Waals surface area contributed by atoms with Crippen LogP contribution in [0.5, 0.6) is 0 Å². The third-order valence-corrected chi connectivity index (χ3v) is 2.93. The van der Waals surface area contributed by atoms with Gasteiger partial charge >= 0.3 is 13.6 Å². The number of pyridine rings is 1. The molecule has 84 valence electrons. The fourth-order valence-electron chi connectivity index (χ4n) is 1.26. The number of rotatable bonds is 2. The van der Waals surface area contributed by atoms with Crippen molar-refractivity contribution in [3.63, 3.8) is 0 Å². The van der Waals surface area contributed by atoms with E-state index in [0.717, 1.165) is 6.20 Å². The van der Waals surface area contributed by atoms with Crippen molar-refractivity contribution in [3.8, 4) is 0 Å². The molecule has 0 amide bonds. The van der Waals surface area contributed by atoms with Crippen LogP contribution in [-0.2, 0) is 4.57 Å². The van der Waals surface area contributed by atoms with Crippen molar-refractivity contribution in [3.05, 3.63) is 30.2 Å². The van der Waals surface area contributed by atoms with Crippen molar-refractivity contribution >= 4 is 24.5 Å². The summed E-state index contributed by atoms with van der Waals surface area (Å²) in [6.07, 6.45) is 2.35. The van der Waals surface area contributed by atoms with Gasteiger partial charge in [-0.05, 0) is 12.1 Å². The summed E-state index contributed by atoms with van der Waals surface area (Å²) < 4.78 is 12.2. The number of fused-ring (bicyclic) bond motifs is 1. The molecule has 0 spiro atoms. The first-order valence-corrected chi connectivity index (χ1v) is 5.77. The minimum atomic E-state index is -4.33. The Labute approximate surface area is 89.1 Å². The Morgan fingerprint density at radius 2 is 2.00 bits per heavy atom. The van der Waals surface area contributed by atoms with Crippen LogP contribution < -0.4 is 5.30 Å². The van der Waals surface area contributed by atoms with E-state index in [2.05, 4.69) is 4.98 Å². The fraction of sp³-hybridized carbons (Fsp3) is 0. The van der Waals surface area contributed by atoms with E-state index in [-0.39, 0.29) is 11.0 Å². The molecule has 0 aliphatic rings. The van der Waals surface area contributed by atoms with Crippen molar-refractivity contribution in [1.82, 2.24) is 9.38 Å². The van der Waals surface area contributed by atoms with Crippen LogP contribution in [0.2, 0.25) is 0 Å². The third kappa shape index (κ3) is 1.83. The van der Waals surface area contributed by atoms with Crippen molar-refractivity contribution < 1.29 is 24.3 Å². The third-order valence-electron chi connectivity index (χ3n) is 1.99. The molecule has 0 aliphatic heterocycles. The maximum Gasteiger partial charge on any atom is 0.357 e. The predicted octanol–water partition coefficient (Wildman–Crippen LogP) is -0.165. The monoisotopic (exact) mass is 242 g/mol. The molecule has 0 atom stereocenters. The van der Waals surface area contributed by atoms with Crippen LogP contribution in [0.25, 0.3) is 5.65 Å². The largest absolute Gasteiger partial charge is 0.476 e. The molecule has 0 bridgehead atoms. The van der Waals surface area contributed by atoms with E-state index in [9.17, 15) is 9.36 Å². The molecular formula is C8H7N2O5P. The summed E-state index contributed by atoms with van der Waals surface area (Å²) in [4.78, 5) is 32.2. The number of imidazole rings is 1. The molecule has 3 N–H and O–H groups in total. The van der Waals surface area contributed by atoms with Gasteiger partial charge in [-0.1, -0.05) is 0 Å². The maximum absolute atomic E-state index is 11.0. The van der Waals surface area contributed by atoms with Gasteiger partial charge in [0.05, 0.1) is 5.30 Å². The van der Waals surface area contributed by atoms with Gasteiger partial charge in [-0.2, -0.15) is 0 Å². The van der Waals surface area contributed by atoms with E-state index in [1.54, 1.807) is 0 Å². The first kappa shape index (κ1) is 10.8. The predicted molar refractivity (Wildman–Crippen MR) is 53.8 cm³/mol. The lowest BCUT2D eigenvalue weighted by Crippen LogP contribution is -2.05. The second-order valence-corrected chi connectivity index (χ2v) is 4.73. The molecule has 2 rings (SSSR count). The number of carboxylic acids is 1. The Balaban J connectivity index is 2.63. The molecule has 0 aliphatic carbocycles. The average molecular weight is 242 g/mol. The molecule has 0 unspecified atom stereocenters. The van der Waals surface area contributed by atoms with Crippen LogP contribution >= 0.6 is 7.60 Å². The minimum Gasteiger partial charge on any atom is -0.476 e. The highest BCUT2D eigenvalue weighted by Gasteiger charge is 2.18. The number of hydrogen-bond donors (Lipinski definition) is 3. The SMILES string of the molecule is O=C(O)c1cn2cc(P(=O)(O)O)ccc2n1. The summed E-state index contributed by atoms with van der Waals surface area (Å²) in [5.74, 6) is -1.19. The Bertz CT molecular complexity index is 614. The van der Waals surface area contributed by atoms with Gasteiger partial charge < -0.3 is 19.3 Å². The smallest absolute Gasteiger partial charge is 0.357 e. The van der Waals surface area contributed by atoms with Gasteiger partial charge in [-0.15, -0.1) is 0 Å². The van der Waals surface area contributed by atoms with Crippen molar-refractivity contribution in [2.75, 3.05) is 0 Å². The van der Waals surface area contributed by atoms with Gasteiger partial charge in [0.15, 0.2) is 5.69 Å². The molecule has 2 aromatic heterocycles. The van der Waals surface area contributed by atoms with E-state index in [1.165, 1.54) is 22.7 Å². The first-order valence-electron chi connectivity index (χ1n) is 4.16. The lowest BCUT2D eigenvalue weighted by Gasteiger charge is -2.03.